The van der Waals surface area contributed by atoms with Gasteiger partial charge in [0.25, 0.3) is 0 Å². The number of hydrogen-bond acceptors (Lipinski definition) is 3. The molecule has 0 saturated carbocycles. The number of imidazole rings is 1. The minimum absolute atomic E-state index is 0.302. The molecule has 1 heterocycles. The molecule has 1 atom stereocenters. The van der Waals surface area contributed by atoms with Gasteiger partial charge in [-0.2, -0.15) is 0 Å². The molecule has 4 nitrogen and oxygen atoms in total. The third-order valence-corrected chi connectivity index (χ3v) is 3.51. The molecule has 1 aromatic carbocycles. The Balaban J connectivity index is 1.97. The fourth-order valence-corrected chi connectivity index (χ4v) is 2.39. The number of nitrogens with one attached hydrogen (secondary N) is 1. The SMILES string of the molecule is CC(C)CCCC(Cn1cnc2ccccc21)NN. The molecule has 0 amide bonds. The van der Waals surface area contributed by atoms with Gasteiger partial charge in [-0.05, 0) is 24.5 Å². The first kappa shape index (κ1) is 14.0. The third-order valence-electron chi connectivity index (χ3n) is 3.51. The van der Waals surface area contributed by atoms with Crippen LogP contribution in [0.4, 0.5) is 0 Å². The minimum atomic E-state index is 0.302. The lowest BCUT2D eigenvalue weighted by molar-refractivity contribution is 0.405. The lowest BCUT2D eigenvalue weighted by Crippen LogP contribution is -2.38. The number of para-hydroxylation sites is 2. The summed E-state index contributed by atoms with van der Waals surface area (Å²) < 4.78 is 2.18. The van der Waals surface area contributed by atoms with Gasteiger partial charge in [-0.3, -0.25) is 11.3 Å². The molecule has 2 rings (SSSR count). The highest BCUT2D eigenvalue weighted by molar-refractivity contribution is 5.74. The van der Waals surface area contributed by atoms with Gasteiger partial charge in [-0.1, -0.05) is 38.8 Å². The first-order chi connectivity index (χ1) is 9.20. The highest BCUT2D eigenvalue weighted by atomic mass is 15.2. The number of rotatable bonds is 7. The van der Waals surface area contributed by atoms with Crippen LogP contribution in [0.5, 0.6) is 0 Å². The maximum Gasteiger partial charge on any atom is 0.0958 e. The van der Waals surface area contributed by atoms with E-state index in [-0.39, 0.29) is 0 Å². The number of hydrogen-bond donors (Lipinski definition) is 2. The molecule has 104 valence electrons. The van der Waals surface area contributed by atoms with Crippen LogP contribution in [-0.2, 0) is 6.54 Å². The number of nitrogens with two attached hydrogens (primary N) is 1. The van der Waals surface area contributed by atoms with E-state index in [0.717, 1.165) is 24.4 Å². The number of aromatic nitrogens is 2. The van der Waals surface area contributed by atoms with Crippen molar-refractivity contribution in [1.82, 2.24) is 15.0 Å². The van der Waals surface area contributed by atoms with Gasteiger partial charge < -0.3 is 4.57 Å². The summed E-state index contributed by atoms with van der Waals surface area (Å²) in [5.74, 6) is 6.42. The number of hydrazine groups is 1. The summed E-state index contributed by atoms with van der Waals surface area (Å²) in [6.45, 7) is 5.39. The van der Waals surface area contributed by atoms with Gasteiger partial charge >= 0.3 is 0 Å². The Labute approximate surface area is 115 Å². The number of nitrogens with zero attached hydrogens (tertiary/aromatic N) is 2. The first-order valence-corrected chi connectivity index (χ1v) is 7.06. The Morgan fingerprint density at radius 1 is 1.26 bits per heavy atom. The van der Waals surface area contributed by atoms with E-state index in [1.54, 1.807) is 0 Å². The van der Waals surface area contributed by atoms with E-state index in [1.165, 1.54) is 18.4 Å². The molecular formula is C15H24N4. The van der Waals surface area contributed by atoms with E-state index in [1.807, 2.05) is 24.5 Å². The lowest BCUT2D eigenvalue weighted by Gasteiger charge is -2.17. The van der Waals surface area contributed by atoms with Crippen LogP contribution in [0.2, 0.25) is 0 Å². The molecule has 0 saturated heterocycles. The molecule has 0 aliphatic heterocycles. The summed E-state index contributed by atoms with van der Waals surface area (Å²) in [4.78, 5) is 4.41. The summed E-state index contributed by atoms with van der Waals surface area (Å²) >= 11 is 0. The van der Waals surface area contributed by atoms with Gasteiger partial charge in [0, 0.05) is 12.6 Å². The second-order valence-electron chi connectivity index (χ2n) is 5.57. The Kier molecular flexibility index (Phi) is 4.93. The molecule has 3 N–H and O–H groups in total. The van der Waals surface area contributed by atoms with Crippen molar-refractivity contribution >= 4 is 11.0 Å². The topological polar surface area (TPSA) is 55.9 Å². The zero-order valence-corrected chi connectivity index (χ0v) is 11.8. The summed E-state index contributed by atoms with van der Waals surface area (Å²) in [5, 5.41) is 0. The molecule has 0 aliphatic rings. The average molecular weight is 260 g/mol. The van der Waals surface area contributed by atoms with Crippen molar-refractivity contribution in [2.75, 3.05) is 0 Å². The quantitative estimate of drug-likeness (QED) is 0.594. The van der Waals surface area contributed by atoms with Crippen molar-refractivity contribution in [2.24, 2.45) is 11.8 Å². The molecular weight excluding hydrogens is 236 g/mol. The highest BCUT2D eigenvalue weighted by Gasteiger charge is 2.10. The Hall–Kier alpha value is -1.39. The molecule has 1 unspecified atom stereocenters. The van der Waals surface area contributed by atoms with Crippen LogP contribution in [0.1, 0.15) is 33.1 Å². The van der Waals surface area contributed by atoms with E-state index < -0.39 is 0 Å². The van der Waals surface area contributed by atoms with Gasteiger partial charge in [-0.25, -0.2) is 4.98 Å². The monoisotopic (exact) mass is 260 g/mol. The average Bonchev–Trinajstić information content (AvgIpc) is 2.80. The van der Waals surface area contributed by atoms with Gasteiger partial charge in [0.2, 0.25) is 0 Å². The number of benzene rings is 1. The molecule has 2 aromatic rings. The van der Waals surface area contributed by atoms with Crippen molar-refractivity contribution in [3.05, 3.63) is 30.6 Å². The van der Waals surface area contributed by atoms with E-state index in [0.29, 0.717) is 6.04 Å². The van der Waals surface area contributed by atoms with Crippen molar-refractivity contribution in [1.29, 1.82) is 0 Å². The molecule has 1 aromatic heterocycles. The van der Waals surface area contributed by atoms with Crippen LogP contribution in [0.3, 0.4) is 0 Å². The Morgan fingerprint density at radius 2 is 2.05 bits per heavy atom. The van der Waals surface area contributed by atoms with Gasteiger partial charge in [-0.15, -0.1) is 0 Å². The van der Waals surface area contributed by atoms with Gasteiger partial charge in [0.05, 0.1) is 17.4 Å². The second kappa shape index (κ2) is 6.68. The van der Waals surface area contributed by atoms with Crippen molar-refractivity contribution in [3.63, 3.8) is 0 Å². The van der Waals surface area contributed by atoms with E-state index >= 15 is 0 Å². The lowest BCUT2D eigenvalue weighted by atomic mass is 10.0. The normalized spacial score (nSPS) is 13.3. The van der Waals surface area contributed by atoms with Gasteiger partial charge in [0.15, 0.2) is 0 Å². The predicted molar refractivity (Wildman–Crippen MR) is 79.5 cm³/mol. The van der Waals surface area contributed by atoms with Crippen molar-refractivity contribution in [3.8, 4) is 0 Å². The van der Waals surface area contributed by atoms with E-state index in [9.17, 15) is 0 Å². The highest BCUT2D eigenvalue weighted by Crippen LogP contribution is 2.14. The van der Waals surface area contributed by atoms with Crippen LogP contribution < -0.4 is 11.3 Å². The maximum absolute atomic E-state index is 5.67. The number of fused-ring (bicyclic) bond motifs is 1. The fraction of sp³-hybridized carbons (Fsp3) is 0.533. The summed E-state index contributed by atoms with van der Waals surface area (Å²) in [5.41, 5.74) is 5.15. The third kappa shape index (κ3) is 3.78. The molecule has 0 fully saturated rings. The van der Waals surface area contributed by atoms with Crippen molar-refractivity contribution in [2.45, 2.75) is 45.7 Å². The van der Waals surface area contributed by atoms with Crippen LogP contribution >= 0.6 is 0 Å². The van der Waals surface area contributed by atoms with Crippen LogP contribution in [0.15, 0.2) is 30.6 Å². The summed E-state index contributed by atoms with van der Waals surface area (Å²) in [6.07, 6.45) is 5.46. The zero-order valence-electron chi connectivity index (χ0n) is 11.8. The molecule has 0 aliphatic carbocycles. The second-order valence-corrected chi connectivity index (χ2v) is 5.57. The standard InChI is InChI=1S/C15H24N4/c1-12(2)6-5-7-13(18-16)10-19-11-17-14-8-3-4-9-15(14)19/h3-4,8-9,11-13,18H,5-7,10,16H2,1-2H3. The molecule has 19 heavy (non-hydrogen) atoms. The molecule has 0 bridgehead atoms. The maximum atomic E-state index is 5.67. The van der Waals surface area contributed by atoms with Crippen LogP contribution in [0, 0.1) is 5.92 Å². The van der Waals surface area contributed by atoms with Crippen LogP contribution in [-0.4, -0.2) is 15.6 Å². The Bertz CT molecular complexity index is 504. The minimum Gasteiger partial charge on any atom is -0.329 e. The molecule has 4 heteroatoms. The van der Waals surface area contributed by atoms with E-state index in [4.69, 9.17) is 5.84 Å². The predicted octanol–water partition coefficient (Wildman–Crippen LogP) is 2.69. The van der Waals surface area contributed by atoms with Gasteiger partial charge in [0.1, 0.15) is 0 Å². The first-order valence-electron chi connectivity index (χ1n) is 7.06. The largest absolute Gasteiger partial charge is 0.329 e. The fourth-order valence-electron chi connectivity index (χ4n) is 2.39. The van der Waals surface area contributed by atoms with Crippen LogP contribution in [0.25, 0.3) is 11.0 Å². The summed E-state index contributed by atoms with van der Waals surface area (Å²) in [6, 6.07) is 8.50. The van der Waals surface area contributed by atoms with E-state index in [2.05, 4.69) is 34.9 Å². The molecule has 0 radical (unpaired) electrons. The Morgan fingerprint density at radius 3 is 2.79 bits per heavy atom. The molecule has 0 spiro atoms. The summed E-state index contributed by atoms with van der Waals surface area (Å²) in [7, 11) is 0. The smallest absolute Gasteiger partial charge is 0.0958 e. The van der Waals surface area contributed by atoms with Crippen molar-refractivity contribution < 1.29 is 0 Å². The zero-order chi connectivity index (χ0) is 13.7.